The first-order valence-corrected chi connectivity index (χ1v) is 6.45. The van der Waals surface area contributed by atoms with Crippen LogP contribution in [0.1, 0.15) is 16.1 Å². The molecule has 18 heavy (non-hydrogen) atoms. The van der Waals surface area contributed by atoms with Gasteiger partial charge in [0.1, 0.15) is 16.5 Å². The minimum Gasteiger partial charge on any atom is -0.497 e. The SMILES string of the molecule is COc1ccc(CSc2ncn(C)c2C=O)cc1. The minimum absolute atomic E-state index is 0.619. The van der Waals surface area contributed by atoms with Crippen molar-refractivity contribution in [3.63, 3.8) is 0 Å². The normalized spacial score (nSPS) is 10.3. The molecule has 4 nitrogen and oxygen atoms in total. The topological polar surface area (TPSA) is 44.1 Å². The van der Waals surface area contributed by atoms with Crippen molar-refractivity contribution < 1.29 is 9.53 Å². The number of aryl methyl sites for hydroxylation is 1. The molecule has 1 aromatic carbocycles. The Morgan fingerprint density at radius 3 is 2.72 bits per heavy atom. The van der Waals surface area contributed by atoms with E-state index in [-0.39, 0.29) is 0 Å². The van der Waals surface area contributed by atoms with Crippen molar-refractivity contribution in [1.29, 1.82) is 0 Å². The van der Waals surface area contributed by atoms with Crippen molar-refractivity contribution in [3.8, 4) is 5.75 Å². The van der Waals surface area contributed by atoms with Gasteiger partial charge in [0.25, 0.3) is 0 Å². The number of thioether (sulfide) groups is 1. The molecular weight excluding hydrogens is 248 g/mol. The van der Waals surface area contributed by atoms with E-state index < -0.39 is 0 Å². The number of hydrogen-bond donors (Lipinski definition) is 0. The van der Waals surface area contributed by atoms with Crippen LogP contribution in [0.2, 0.25) is 0 Å². The molecule has 0 N–H and O–H groups in total. The van der Waals surface area contributed by atoms with Gasteiger partial charge in [-0.25, -0.2) is 4.98 Å². The number of hydrogen-bond acceptors (Lipinski definition) is 4. The maximum Gasteiger partial charge on any atom is 0.169 e. The number of imidazole rings is 1. The Morgan fingerprint density at radius 1 is 1.39 bits per heavy atom. The lowest BCUT2D eigenvalue weighted by Gasteiger charge is -2.03. The fourth-order valence-corrected chi connectivity index (χ4v) is 2.49. The van der Waals surface area contributed by atoms with Crippen LogP contribution in [-0.2, 0) is 12.8 Å². The Balaban J connectivity index is 2.04. The average molecular weight is 262 g/mol. The number of carbonyl (C=O) groups excluding carboxylic acids is 1. The first kappa shape index (κ1) is 12.7. The summed E-state index contributed by atoms with van der Waals surface area (Å²) in [5, 5.41) is 0.767. The average Bonchev–Trinajstić information content (AvgIpc) is 2.77. The van der Waals surface area contributed by atoms with E-state index in [4.69, 9.17) is 4.74 Å². The zero-order valence-electron chi connectivity index (χ0n) is 10.3. The summed E-state index contributed by atoms with van der Waals surface area (Å²) in [5.41, 5.74) is 1.79. The number of nitrogens with zero attached hydrogens (tertiary/aromatic N) is 2. The highest BCUT2D eigenvalue weighted by Gasteiger charge is 2.08. The van der Waals surface area contributed by atoms with Gasteiger partial charge in [-0.2, -0.15) is 0 Å². The molecule has 1 heterocycles. The Morgan fingerprint density at radius 2 is 2.11 bits per heavy atom. The van der Waals surface area contributed by atoms with Gasteiger partial charge in [-0.1, -0.05) is 23.9 Å². The number of carbonyl (C=O) groups is 1. The van der Waals surface area contributed by atoms with Gasteiger partial charge in [0.2, 0.25) is 0 Å². The molecule has 0 aliphatic heterocycles. The van der Waals surface area contributed by atoms with Crippen molar-refractivity contribution in [2.24, 2.45) is 7.05 Å². The molecule has 0 fully saturated rings. The molecule has 2 aromatic rings. The van der Waals surface area contributed by atoms with Gasteiger partial charge in [0, 0.05) is 12.8 Å². The van der Waals surface area contributed by atoms with Gasteiger partial charge in [0.15, 0.2) is 6.29 Å². The summed E-state index contributed by atoms with van der Waals surface area (Å²) >= 11 is 1.56. The van der Waals surface area contributed by atoms with E-state index in [1.54, 1.807) is 29.8 Å². The van der Waals surface area contributed by atoms with Crippen LogP contribution in [0.3, 0.4) is 0 Å². The predicted octanol–water partition coefficient (Wildman–Crippen LogP) is 2.53. The van der Waals surface area contributed by atoms with Crippen LogP contribution in [0.5, 0.6) is 5.75 Å². The number of aldehydes is 1. The smallest absolute Gasteiger partial charge is 0.169 e. The van der Waals surface area contributed by atoms with Crippen LogP contribution in [-0.4, -0.2) is 22.9 Å². The lowest BCUT2D eigenvalue weighted by molar-refractivity contribution is 0.111. The highest BCUT2D eigenvalue weighted by atomic mass is 32.2. The molecule has 5 heteroatoms. The van der Waals surface area contributed by atoms with Crippen LogP contribution < -0.4 is 4.74 Å². The van der Waals surface area contributed by atoms with Crippen molar-refractivity contribution in [1.82, 2.24) is 9.55 Å². The summed E-state index contributed by atoms with van der Waals surface area (Å²) in [6.07, 6.45) is 2.49. The quantitative estimate of drug-likeness (QED) is 0.613. The Bertz CT molecular complexity index is 534. The molecule has 0 aliphatic carbocycles. The van der Waals surface area contributed by atoms with Gasteiger partial charge in [-0.15, -0.1) is 0 Å². The lowest BCUT2D eigenvalue weighted by Crippen LogP contribution is -1.93. The second-order valence-electron chi connectivity index (χ2n) is 3.80. The summed E-state index contributed by atoms with van der Waals surface area (Å²) in [7, 11) is 3.46. The summed E-state index contributed by atoms with van der Waals surface area (Å²) in [5.74, 6) is 1.62. The second-order valence-corrected chi connectivity index (χ2v) is 4.76. The molecule has 1 aromatic heterocycles. The number of methoxy groups -OCH3 is 1. The Hall–Kier alpha value is -1.75. The standard InChI is InChI=1S/C13H14N2O2S/c1-15-9-14-13(12(15)7-16)18-8-10-3-5-11(17-2)6-4-10/h3-7,9H,8H2,1-2H3. The van der Waals surface area contributed by atoms with Crippen LogP contribution in [0, 0.1) is 0 Å². The van der Waals surface area contributed by atoms with Crippen molar-refractivity contribution in [2.75, 3.05) is 7.11 Å². The van der Waals surface area contributed by atoms with E-state index in [1.165, 1.54) is 5.56 Å². The third-order valence-electron chi connectivity index (χ3n) is 2.59. The van der Waals surface area contributed by atoms with Crippen molar-refractivity contribution in [2.45, 2.75) is 10.8 Å². The first-order valence-electron chi connectivity index (χ1n) is 5.47. The molecule has 0 aliphatic rings. The molecule has 0 radical (unpaired) electrons. The monoisotopic (exact) mass is 262 g/mol. The Kier molecular flexibility index (Phi) is 4.04. The number of rotatable bonds is 5. The van der Waals surface area contributed by atoms with Gasteiger partial charge < -0.3 is 9.30 Å². The van der Waals surface area contributed by atoms with E-state index in [0.29, 0.717) is 5.69 Å². The molecule has 0 spiro atoms. The maximum absolute atomic E-state index is 10.9. The van der Waals surface area contributed by atoms with Crippen LogP contribution >= 0.6 is 11.8 Å². The molecule has 0 bridgehead atoms. The number of ether oxygens (including phenoxy) is 1. The molecule has 94 valence electrons. The zero-order chi connectivity index (χ0) is 13.0. The zero-order valence-corrected chi connectivity index (χ0v) is 11.1. The van der Waals surface area contributed by atoms with Gasteiger partial charge in [0.05, 0.1) is 13.4 Å². The third-order valence-corrected chi connectivity index (χ3v) is 3.66. The third kappa shape index (κ3) is 2.73. The molecule has 2 rings (SSSR count). The predicted molar refractivity (Wildman–Crippen MR) is 71.2 cm³/mol. The molecular formula is C13H14N2O2S. The van der Waals surface area contributed by atoms with Crippen molar-refractivity contribution in [3.05, 3.63) is 41.9 Å². The van der Waals surface area contributed by atoms with E-state index >= 15 is 0 Å². The summed E-state index contributed by atoms with van der Waals surface area (Å²) in [4.78, 5) is 15.1. The fourth-order valence-electron chi connectivity index (χ4n) is 1.54. The summed E-state index contributed by atoms with van der Waals surface area (Å²) < 4.78 is 6.83. The number of benzene rings is 1. The molecule has 0 saturated carbocycles. The van der Waals surface area contributed by atoms with E-state index in [2.05, 4.69) is 4.98 Å². The highest BCUT2D eigenvalue weighted by Crippen LogP contribution is 2.24. The fraction of sp³-hybridized carbons (Fsp3) is 0.231. The summed E-state index contributed by atoms with van der Waals surface area (Å²) in [6, 6.07) is 7.87. The van der Waals surface area contributed by atoms with Crippen molar-refractivity contribution >= 4 is 18.0 Å². The molecule has 0 saturated heterocycles. The molecule has 0 amide bonds. The minimum atomic E-state index is 0.619. The lowest BCUT2D eigenvalue weighted by atomic mass is 10.2. The summed E-state index contributed by atoms with van der Waals surface area (Å²) in [6.45, 7) is 0. The van der Waals surface area contributed by atoms with Gasteiger partial charge in [-0.3, -0.25) is 4.79 Å². The van der Waals surface area contributed by atoms with Crippen LogP contribution in [0.4, 0.5) is 0 Å². The van der Waals surface area contributed by atoms with Crippen LogP contribution in [0.25, 0.3) is 0 Å². The number of aromatic nitrogens is 2. The van der Waals surface area contributed by atoms with Gasteiger partial charge in [-0.05, 0) is 17.7 Å². The maximum atomic E-state index is 10.9. The van der Waals surface area contributed by atoms with Gasteiger partial charge >= 0.3 is 0 Å². The molecule has 0 atom stereocenters. The van der Waals surface area contributed by atoms with E-state index in [9.17, 15) is 4.79 Å². The molecule has 0 unspecified atom stereocenters. The van der Waals surface area contributed by atoms with E-state index in [1.807, 2.05) is 31.3 Å². The van der Waals surface area contributed by atoms with E-state index in [0.717, 1.165) is 22.8 Å². The largest absolute Gasteiger partial charge is 0.497 e. The Labute approximate surface area is 110 Å². The first-order chi connectivity index (χ1) is 8.74. The van der Waals surface area contributed by atoms with Crippen LogP contribution in [0.15, 0.2) is 35.6 Å². The second kappa shape index (κ2) is 5.73. The highest BCUT2D eigenvalue weighted by molar-refractivity contribution is 7.98.